The molecule has 0 aliphatic rings. The number of hydrogen-bond acceptors (Lipinski definition) is 3. The molecule has 1 atom stereocenters. The van der Waals surface area contributed by atoms with Crippen molar-refractivity contribution in [3.05, 3.63) is 0 Å². The van der Waals surface area contributed by atoms with Crippen LogP contribution in [0.4, 0.5) is 0 Å². The summed E-state index contributed by atoms with van der Waals surface area (Å²) in [6.45, 7) is 5.50. The summed E-state index contributed by atoms with van der Waals surface area (Å²) < 4.78 is 21.6. The minimum Gasteiger partial charge on any atom is -0.119 e. The minimum atomic E-state index is -1.88. The summed E-state index contributed by atoms with van der Waals surface area (Å²) in [4.78, 5) is 0. The maximum Gasteiger partial charge on any atom is 0.697 e. The lowest BCUT2D eigenvalue weighted by atomic mass is 10.1. The van der Waals surface area contributed by atoms with Crippen molar-refractivity contribution in [3.8, 4) is 0 Å². The molecular formula is C15H32O3P+. The van der Waals surface area contributed by atoms with E-state index >= 15 is 0 Å². The average molecular weight is 291 g/mol. The quantitative estimate of drug-likeness (QED) is 0.274. The van der Waals surface area contributed by atoms with E-state index < -0.39 is 8.25 Å². The second-order valence-corrected chi connectivity index (χ2v) is 6.04. The molecule has 0 bridgehead atoms. The van der Waals surface area contributed by atoms with Crippen LogP contribution in [0.15, 0.2) is 0 Å². The fourth-order valence-electron chi connectivity index (χ4n) is 1.90. The van der Waals surface area contributed by atoms with E-state index in [1.165, 1.54) is 44.9 Å². The maximum atomic E-state index is 11.3. The Hall–Kier alpha value is 0.0200. The van der Waals surface area contributed by atoms with E-state index in [0.717, 1.165) is 25.7 Å². The zero-order valence-electron chi connectivity index (χ0n) is 12.9. The Balaban J connectivity index is 3.10. The lowest BCUT2D eigenvalue weighted by Crippen LogP contribution is -1.92. The van der Waals surface area contributed by atoms with E-state index in [0.29, 0.717) is 13.2 Å². The third-order valence-electron chi connectivity index (χ3n) is 3.14. The fourth-order valence-corrected chi connectivity index (χ4v) is 2.53. The van der Waals surface area contributed by atoms with Gasteiger partial charge in [0.25, 0.3) is 0 Å². The molecule has 19 heavy (non-hydrogen) atoms. The van der Waals surface area contributed by atoms with Gasteiger partial charge in [-0.2, -0.15) is 0 Å². The molecule has 0 spiro atoms. The van der Waals surface area contributed by atoms with E-state index in [9.17, 15) is 4.57 Å². The average Bonchev–Trinajstić information content (AvgIpc) is 2.42. The van der Waals surface area contributed by atoms with Crippen molar-refractivity contribution in [2.75, 3.05) is 13.2 Å². The second-order valence-electron chi connectivity index (χ2n) is 5.07. The summed E-state index contributed by atoms with van der Waals surface area (Å²) >= 11 is 0. The molecule has 0 aromatic rings. The van der Waals surface area contributed by atoms with Crippen LogP contribution in [-0.2, 0) is 13.6 Å². The first-order valence-electron chi connectivity index (χ1n) is 8.04. The van der Waals surface area contributed by atoms with Gasteiger partial charge >= 0.3 is 8.25 Å². The number of unbranched alkanes of at least 4 members (excludes halogenated alkanes) is 9. The van der Waals surface area contributed by atoms with Crippen LogP contribution < -0.4 is 0 Å². The highest BCUT2D eigenvalue weighted by Crippen LogP contribution is 2.24. The lowest BCUT2D eigenvalue weighted by molar-refractivity contribution is 0.218. The molecule has 0 N–H and O–H groups in total. The van der Waals surface area contributed by atoms with E-state index in [1.807, 2.05) is 0 Å². The molecule has 114 valence electrons. The molecule has 0 heterocycles. The highest BCUT2D eigenvalue weighted by Gasteiger charge is 2.18. The highest BCUT2D eigenvalue weighted by atomic mass is 31.1. The van der Waals surface area contributed by atoms with Crippen LogP contribution in [0.25, 0.3) is 0 Å². The van der Waals surface area contributed by atoms with Crippen LogP contribution in [0.5, 0.6) is 0 Å². The Morgan fingerprint density at radius 2 is 1.00 bits per heavy atom. The lowest BCUT2D eigenvalue weighted by Gasteiger charge is -1.99. The maximum absolute atomic E-state index is 11.3. The van der Waals surface area contributed by atoms with Gasteiger partial charge in [-0.15, -0.1) is 9.05 Å². The van der Waals surface area contributed by atoms with E-state index in [1.54, 1.807) is 0 Å². The summed E-state index contributed by atoms with van der Waals surface area (Å²) in [7, 11) is -1.88. The van der Waals surface area contributed by atoms with Crippen molar-refractivity contribution < 1.29 is 13.6 Å². The summed E-state index contributed by atoms with van der Waals surface area (Å²) in [6.07, 6.45) is 13.4. The molecule has 3 nitrogen and oxygen atoms in total. The van der Waals surface area contributed by atoms with Crippen molar-refractivity contribution in [2.45, 2.75) is 84.5 Å². The SMILES string of the molecule is CCCCCCCCCCO[P+](=O)OCCCCC. The van der Waals surface area contributed by atoms with Gasteiger partial charge in [0.2, 0.25) is 0 Å². The largest absolute Gasteiger partial charge is 0.697 e. The first-order chi connectivity index (χ1) is 9.31. The third kappa shape index (κ3) is 16.0. The molecule has 0 aliphatic carbocycles. The standard InChI is InChI=1S/C15H32O3P/c1-3-5-7-8-9-10-11-13-15-18-19(16)17-14-12-6-4-2/h3-15H2,1-2H3/q+1. The Morgan fingerprint density at radius 3 is 1.53 bits per heavy atom. The highest BCUT2D eigenvalue weighted by molar-refractivity contribution is 7.33. The van der Waals surface area contributed by atoms with Gasteiger partial charge in [-0.05, 0) is 12.8 Å². The summed E-state index contributed by atoms with van der Waals surface area (Å²) in [5.74, 6) is 0. The van der Waals surface area contributed by atoms with Crippen LogP contribution in [0, 0.1) is 0 Å². The van der Waals surface area contributed by atoms with Crippen LogP contribution in [0.1, 0.15) is 84.5 Å². The third-order valence-corrected chi connectivity index (χ3v) is 3.93. The van der Waals surface area contributed by atoms with Crippen LogP contribution in [-0.4, -0.2) is 13.2 Å². The fraction of sp³-hybridized carbons (Fsp3) is 1.00. The number of rotatable bonds is 15. The van der Waals surface area contributed by atoms with E-state index in [2.05, 4.69) is 13.8 Å². The van der Waals surface area contributed by atoms with Crippen LogP contribution >= 0.6 is 8.25 Å². The van der Waals surface area contributed by atoms with Gasteiger partial charge in [0.15, 0.2) is 0 Å². The molecule has 0 saturated carbocycles. The van der Waals surface area contributed by atoms with Gasteiger partial charge in [0.05, 0.1) is 0 Å². The van der Waals surface area contributed by atoms with Gasteiger partial charge in [-0.1, -0.05) is 71.6 Å². The predicted molar refractivity (Wildman–Crippen MR) is 81.6 cm³/mol. The number of hydrogen-bond donors (Lipinski definition) is 0. The molecule has 4 heteroatoms. The molecule has 0 aromatic carbocycles. The summed E-state index contributed by atoms with van der Waals surface area (Å²) in [5.41, 5.74) is 0. The molecule has 0 fully saturated rings. The Morgan fingerprint density at radius 1 is 0.632 bits per heavy atom. The van der Waals surface area contributed by atoms with Crippen molar-refractivity contribution in [1.82, 2.24) is 0 Å². The Bertz CT molecular complexity index is 198. The predicted octanol–water partition coefficient (Wildman–Crippen LogP) is 6.01. The molecule has 0 amide bonds. The zero-order chi connectivity index (χ0) is 14.2. The molecular weight excluding hydrogens is 259 g/mol. The molecule has 0 saturated heterocycles. The molecule has 0 radical (unpaired) electrons. The van der Waals surface area contributed by atoms with Gasteiger partial charge in [-0.25, -0.2) is 0 Å². The minimum absolute atomic E-state index is 0.556. The van der Waals surface area contributed by atoms with E-state index in [4.69, 9.17) is 9.05 Å². The smallest absolute Gasteiger partial charge is 0.119 e. The first-order valence-corrected chi connectivity index (χ1v) is 9.13. The molecule has 0 aliphatic heterocycles. The molecule has 0 aromatic heterocycles. The van der Waals surface area contributed by atoms with Gasteiger partial charge in [0.1, 0.15) is 13.2 Å². The van der Waals surface area contributed by atoms with Crippen molar-refractivity contribution in [1.29, 1.82) is 0 Å². The van der Waals surface area contributed by atoms with Crippen LogP contribution in [0.3, 0.4) is 0 Å². The second kappa shape index (κ2) is 16.1. The molecule has 1 unspecified atom stereocenters. The van der Waals surface area contributed by atoms with Gasteiger partial charge in [-0.3, -0.25) is 0 Å². The van der Waals surface area contributed by atoms with E-state index in [-0.39, 0.29) is 0 Å². The normalized spacial score (nSPS) is 11.8. The Kier molecular flexibility index (Phi) is 16.1. The molecule has 0 rings (SSSR count). The topological polar surface area (TPSA) is 35.5 Å². The van der Waals surface area contributed by atoms with Gasteiger partial charge in [0, 0.05) is 4.57 Å². The van der Waals surface area contributed by atoms with Crippen molar-refractivity contribution in [2.24, 2.45) is 0 Å². The van der Waals surface area contributed by atoms with Crippen molar-refractivity contribution >= 4 is 8.25 Å². The first kappa shape index (κ1) is 19.0. The monoisotopic (exact) mass is 291 g/mol. The summed E-state index contributed by atoms with van der Waals surface area (Å²) in [5, 5.41) is 0. The Labute approximate surface area is 120 Å². The van der Waals surface area contributed by atoms with Crippen molar-refractivity contribution in [3.63, 3.8) is 0 Å². The summed E-state index contributed by atoms with van der Waals surface area (Å²) in [6, 6.07) is 0. The van der Waals surface area contributed by atoms with Gasteiger partial charge < -0.3 is 0 Å². The zero-order valence-corrected chi connectivity index (χ0v) is 13.8. The van der Waals surface area contributed by atoms with Crippen LogP contribution in [0.2, 0.25) is 0 Å².